The number of rotatable bonds is 10. The minimum absolute atomic E-state index is 0.202. The molecule has 8 heteroatoms. The van der Waals surface area contributed by atoms with Gasteiger partial charge in [-0.1, -0.05) is 31.4 Å². The Hall–Kier alpha value is -4.20. The van der Waals surface area contributed by atoms with Gasteiger partial charge in [-0.05, 0) is 79.8 Å². The number of carbonyl (C=O) groups excluding carboxylic acids is 1. The topological polar surface area (TPSA) is 93.4 Å². The van der Waals surface area contributed by atoms with Crippen molar-refractivity contribution in [2.45, 2.75) is 64.1 Å². The molecule has 0 aliphatic heterocycles. The van der Waals surface area contributed by atoms with E-state index in [0.29, 0.717) is 37.5 Å². The van der Waals surface area contributed by atoms with Gasteiger partial charge in [0.15, 0.2) is 11.6 Å². The van der Waals surface area contributed by atoms with Crippen LogP contribution in [0, 0.1) is 5.92 Å². The van der Waals surface area contributed by atoms with E-state index in [9.17, 15) is 9.90 Å². The monoisotopic (exact) mass is 537 g/mol. The maximum absolute atomic E-state index is 13.2. The molecule has 2 aromatic heterocycles. The van der Waals surface area contributed by atoms with Gasteiger partial charge >= 0.3 is 0 Å². The molecule has 4 aromatic rings. The third kappa shape index (κ3) is 5.86. The van der Waals surface area contributed by atoms with Crippen LogP contribution in [-0.4, -0.2) is 48.3 Å². The van der Waals surface area contributed by atoms with Crippen LogP contribution in [0.4, 0.5) is 0 Å². The third-order valence-electron chi connectivity index (χ3n) is 8.09. The van der Waals surface area contributed by atoms with Crippen LogP contribution in [0.15, 0.2) is 73.1 Å². The predicted octanol–water partition coefficient (Wildman–Crippen LogP) is 5.86. The largest absolute Gasteiger partial charge is 0.508 e. The average molecular weight is 538 g/mol. The maximum atomic E-state index is 13.2. The first-order valence-electron chi connectivity index (χ1n) is 14.3. The standard InChI is InChI=1S/C32H35N5O3/c38-28-12-10-24(11-13-28)30-34-31(25-16-18-33-19-17-25)37(35-30)20-21-40-29-14-8-23(9-15-29)22-36(27-6-1-2-7-27)32(39)26-4-3-5-26/h8-19,26-27,38H,1-7,20-22H2. The highest BCUT2D eigenvalue weighted by Crippen LogP contribution is 2.33. The van der Waals surface area contributed by atoms with Crippen molar-refractivity contribution in [3.8, 4) is 34.3 Å². The number of carbonyl (C=O) groups is 1. The average Bonchev–Trinajstić information content (AvgIpc) is 3.63. The highest BCUT2D eigenvalue weighted by atomic mass is 16.5. The molecule has 40 heavy (non-hydrogen) atoms. The molecule has 0 spiro atoms. The molecule has 2 aliphatic carbocycles. The number of phenolic OH excluding ortho intramolecular Hbond substituents is 1. The van der Waals surface area contributed by atoms with E-state index >= 15 is 0 Å². The van der Waals surface area contributed by atoms with Gasteiger partial charge in [0.25, 0.3) is 0 Å². The van der Waals surface area contributed by atoms with Gasteiger partial charge in [0.05, 0.1) is 6.54 Å². The van der Waals surface area contributed by atoms with Gasteiger partial charge in [-0.25, -0.2) is 9.67 Å². The Morgan fingerprint density at radius 1 is 0.900 bits per heavy atom. The molecule has 0 atom stereocenters. The Kier molecular flexibility index (Phi) is 7.75. The second kappa shape index (κ2) is 11.9. The zero-order chi connectivity index (χ0) is 27.3. The van der Waals surface area contributed by atoms with Crippen molar-refractivity contribution in [3.05, 3.63) is 78.6 Å². The van der Waals surface area contributed by atoms with E-state index in [-0.39, 0.29) is 11.7 Å². The van der Waals surface area contributed by atoms with Crippen LogP contribution in [0.1, 0.15) is 50.5 Å². The van der Waals surface area contributed by atoms with Crippen molar-refractivity contribution in [3.63, 3.8) is 0 Å². The molecule has 6 rings (SSSR count). The quantitative estimate of drug-likeness (QED) is 0.272. The highest BCUT2D eigenvalue weighted by Gasteiger charge is 2.34. The van der Waals surface area contributed by atoms with Gasteiger partial charge in [0, 0.05) is 42.0 Å². The van der Waals surface area contributed by atoms with Gasteiger partial charge in [-0.2, -0.15) is 5.10 Å². The van der Waals surface area contributed by atoms with Crippen molar-refractivity contribution in [2.75, 3.05) is 6.61 Å². The number of phenols is 1. The van der Waals surface area contributed by atoms with Gasteiger partial charge in [0.2, 0.25) is 5.91 Å². The number of aromatic nitrogens is 4. The van der Waals surface area contributed by atoms with E-state index in [0.717, 1.165) is 53.9 Å². The van der Waals surface area contributed by atoms with E-state index in [4.69, 9.17) is 14.8 Å². The molecule has 2 heterocycles. The zero-order valence-electron chi connectivity index (χ0n) is 22.7. The molecular weight excluding hydrogens is 502 g/mol. The predicted molar refractivity (Wildman–Crippen MR) is 152 cm³/mol. The Labute approximate surface area is 234 Å². The Morgan fingerprint density at radius 3 is 2.30 bits per heavy atom. The van der Waals surface area contributed by atoms with E-state index in [1.54, 1.807) is 36.7 Å². The van der Waals surface area contributed by atoms with Gasteiger partial charge < -0.3 is 14.7 Å². The number of amides is 1. The fourth-order valence-electron chi connectivity index (χ4n) is 5.58. The number of ether oxygens (including phenoxy) is 1. The van der Waals surface area contributed by atoms with Crippen LogP contribution in [0.3, 0.4) is 0 Å². The van der Waals surface area contributed by atoms with Crippen molar-refractivity contribution < 1.29 is 14.6 Å². The molecular formula is C32H35N5O3. The molecule has 206 valence electrons. The third-order valence-corrected chi connectivity index (χ3v) is 8.09. The normalized spacial score (nSPS) is 15.6. The molecule has 0 bridgehead atoms. The summed E-state index contributed by atoms with van der Waals surface area (Å²) in [4.78, 5) is 24.2. The van der Waals surface area contributed by atoms with E-state index < -0.39 is 0 Å². The smallest absolute Gasteiger partial charge is 0.226 e. The summed E-state index contributed by atoms with van der Waals surface area (Å²) >= 11 is 0. The van der Waals surface area contributed by atoms with Crippen molar-refractivity contribution in [1.29, 1.82) is 0 Å². The minimum atomic E-state index is 0.202. The van der Waals surface area contributed by atoms with Crippen LogP contribution in [-0.2, 0) is 17.9 Å². The van der Waals surface area contributed by atoms with Crippen molar-refractivity contribution in [2.24, 2.45) is 5.92 Å². The summed E-state index contributed by atoms with van der Waals surface area (Å²) < 4.78 is 7.93. The molecule has 2 aromatic carbocycles. The lowest BCUT2D eigenvalue weighted by atomic mass is 9.84. The fourth-order valence-corrected chi connectivity index (χ4v) is 5.58. The summed E-state index contributed by atoms with van der Waals surface area (Å²) in [5.74, 6) is 2.88. The number of pyridine rings is 1. The second-order valence-corrected chi connectivity index (χ2v) is 10.8. The molecule has 2 fully saturated rings. The zero-order valence-corrected chi connectivity index (χ0v) is 22.7. The molecule has 2 saturated carbocycles. The summed E-state index contributed by atoms with van der Waals surface area (Å²) in [6, 6.07) is 19.2. The lowest BCUT2D eigenvalue weighted by Gasteiger charge is -2.35. The summed E-state index contributed by atoms with van der Waals surface area (Å²) in [5, 5.41) is 14.4. The first-order chi connectivity index (χ1) is 19.6. The van der Waals surface area contributed by atoms with E-state index in [2.05, 4.69) is 22.0 Å². The number of nitrogens with zero attached hydrogens (tertiary/aromatic N) is 5. The first kappa shape index (κ1) is 26.0. The number of benzene rings is 2. The molecule has 1 N–H and O–H groups in total. The summed E-state index contributed by atoms with van der Waals surface area (Å²) in [6.07, 6.45) is 11.4. The summed E-state index contributed by atoms with van der Waals surface area (Å²) in [6.45, 7) is 1.61. The number of hydrogen-bond donors (Lipinski definition) is 1. The van der Waals surface area contributed by atoms with Crippen molar-refractivity contribution >= 4 is 5.91 Å². The van der Waals surface area contributed by atoms with E-state index in [1.165, 1.54) is 19.3 Å². The molecule has 1 amide bonds. The molecule has 0 saturated heterocycles. The highest BCUT2D eigenvalue weighted by molar-refractivity contribution is 5.80. The Morgan fingerprint density at radius 2 is 1.62 bits per heavy atom. The van der Waals surface area contributed by atoms with Gasteiger partial charge in [-0.3, -0.25) is 9.78 Å². The SMILES string of the molecule is O=C(C1CCC1)N(Cc1ccc(OCCn2nc(-c3ccc(O)cc3)nc2-c2ccncc2)cc1)C1CCCC1. The molecule has 0 radical (unpaired) electrons. The summed E-state index contributed by atoms with van der Waals surface area (Å²) in [5.41, 5.74) is 2.88. The Balaban J connectivity index is 1.11. The molecule has 2 aliphatic rings. The van der Waals surface area contributed by atoms with Crippen LogP contribution in [0.5, 0.6) is 11.5 Å². The maximum Gasteiger partial charge on any atom is 0.226 e. The molecule has 0 unspecified atom stereocenters. The Bertz CT molecular complexity index is 1410. The number of hydrogen-bond acceptors (Lipinski definition) is 6. The second-order valence-electron chi connectivity index (χ2n) is 10.8. The van der Waals surface area contributed by atoms with Gasteiger partial charge in [-0.15, -0.1) is 0 Å². The lowest BCUT2D eigenvalue weighted by molar-refractivity contribution is -0.141. The number of aromatic hydroxyl groups is 1. The van der Waals surface area contributed by atoms with E-state index in [1.807, 2.05) is 28.9 Å². The van der Waals surface area contributed by atoms with Crippen LogP contribution < -0.4 is 4.74 Å². The molecule has 8 nitrogen and oxygen atoms in total. The summed E-state index contributed by atoms with van der Waals surface area (Å²) in [7, 11) is 0. The van der Waals surface area contributed by atoms with Crippen molar-refractivity contribution in [1.82, 2.24) is 24.6 Å². The van der Waals surface area contributed by atoms with Gasteiger partial charge in [0.1, 0.15) is 18.1 Å². The fraction of sp³-hybridized carbons (Fsp3) is 0.375. The van der Waals surface area contributed by atoms with Crippen LogP contribution in [0.2, 0.25) is 0 Å². The van der Waals surface area contributed by atoms with Crippen LogP contribution in [0.25, 0.3) is 22.8 Å². The minimum Gasteiger partial charge on any atom is -0.508 e. The first-order valence-corrected chi connectivity index (χ1v) is 14.3. The van der Waals surface area contributed by atoms with Crippen LogP contribution >= 0.6 is 0 Å². The lowest BCUT2D eigenvalue weighted by Crippen LogP contribution is -2.43.